The molecule has 6 rings (SSSR count). The molecule has 8 nitrogen and oxygen atoms in total. The molecule has 9 heteroatoms. The summed E-state index contributed by atoms with van der Waals surface area (Å²) in [6, 6.07) is 13.9. The molecule has 1 aromatic carbocycles. The Balaban J connectivity index is 1.12. The number of nitrogens with one attached hydrogen (secondary N) is 2. The normalized spacial score (nSPS) is 16.9. The molecule has 1 saturated carbocycles. The van der Waals surface area contributed by atoms with Crippen molar-refractivity contribution in [3.05, 3.63) is 75.4 Å². The fourth-order valence-electron chi connectivity index (χ4n) is 4.64. The fraction of sp³-hybridized carbons (Fsp3) is 0.320. The molecule has 2 N–H and O–H groups in total. The molecule has 1 aliphatic carbocycles. The first kappa shape index (κ1) is 21.2. The van der Waals surface area contributed by atoms with Gasteiger partial charge in [0.15, 0.2) is 5.15 Å². The van der Waals surface area contributed by atoms with Gasteiger partial charge in [-0.3, -0.25) is 14.5 Å². The fourth-order valence-corrected chi connectivity index (χ4v) is 4.91. The number of rotatable bonds is 5. The molecule has 4 heterocycles. The topological polar surface area (TPSA) is 85.7 Å². The Bertz CT molecular complexity index is 1450. The lowest BCUT2D eigenvalue weighted by atomic mass is 10.1. The second kappa shape index (κ2) is 8.45. The van der Waals surface area contributed by atoms with Crippen LogP contribution in [0.15, 0.2) is 53.5 Å². The molecule has 2 aliphatic rings. The molecular weight excluding hydrogens is 452 g/mol. The molecule has 34 heavy (non-hydrogen) atoms. The van der Waals surface area contributed by atoms with E-state index in [4.69, 9.17) is 11.6 Å². The summed E-state index contributed by atoms with van der Waals surface area (Å²) >= 11 is 6.45. The Morgan fingerprint density at radius 2 is 1.91 bits per heavy atom. The summed E-state index contributed by atoms with van der Waals surface area (Å²) in [4.78, 5) is 36.5. The van der Waals surface area contributed by atoms with Gasteiger partial charge in [-0.1, -0.05) is 17.7 Å². The molecule has 1 amide bonds. The molecule has 2 fully saturated rings. The summed E-state index contributed by atoms with van der Waals surface area (Å²) in [6.45, 7) is 4.21. The Hall–Kier alpha value is -3.36. The number of amides is 1. The third kappa shape index (κ3) is 4.03. The van der Waals surface area contributed by atoms with Crippen molar-refractivity contribution in [2.75, 3.05) is 31.1 Å². The number of anilines is 1. The molecule has 1 aliphatic heterocycles. The van der Waals surface area contributed by atoms with Gasteiger partial charge in [0.1, 0.15) is 11.2 Å². The minimum absolute atomic E-state index is 0.0789. The molecular formula is C25H25ClN6O2. The van der Waals surface area contributed by atoms with Crippen molar-refractivity contribution >= 4 is 39.7 Å². The summed E-state index contributed by atoms with van der Waals surface area (Å²) in [6.07, 6.45) is 3.99. The SMILES string of the molecule is O=C(NC1CC1)c1ccc(N2CCN(Cc3ccc4c(c3)[nH]c(=O)c3cccn34)CC2)c(Cl)n1. The number of aromatic amines is 1. The van der Waals surface area contributed by atoms with E-state index in [2.05, 4.69) is 43.3 Å². The number of halogens is 1. The van der Waals surface area contributed by atoms with E-state index >= 15 is 0 Å². The van der Waals surface area contributed by atoms with E-state index in [1.165, 1.54) is 0 Å². The number of hydrogen-bond donors (Lipinski definition) is 2. The average Bonchev–Trinajstić information content (AvgIpc) is 3.50. The number of pyridine rings is 1. The van der Waals surface area contributed by atoms with Crippen molar-refractivity contribution in [3.8, 4) is 0 Å². The van der Waals surface area contributed by atoms with Crippen molar-refractivity contribution in [2.24, 2.45) is 0 Å². The van der Waals surface area contributed by atoms with E-state index in [0.717, 1.165) is 67.8 Å². The molecule has 1 saturated heterocycles. The van der Waals surface area contributed by atoms with Crippen LogP contribution in [0.1, 0.15) is 28.9 Å². The van der Waals surface area contributed by atoms with Gasteiger partial charge in [-0.15, -0.1) is 0 Å². The second-order valence-corrected chi connectivity index (χ2v) is 9.44. The highest BCUT2D eigenvalue weighted by atomic mass is 35.5. The zero-order valence-corrected chi connectivity index (χ0v) is 19.4. The summed E-state index contributed by atoms with van der Waals surface area (Å²) in [5.41, 5.74) is 4.80. The highest BCUT2D eigenvalue weighted by molar-refractivity contribution is 6.32. The maximum atomic E-state index is 12.3. The second-order valence-electron chi connectivity index (χ2n) is 9.09. The number of carbonyl (C=O) groups excluding carboxylic acids is 1. The lowest BCUT2D eigenvalue weighted by Gasteiger charge is -2.36. The molecule has 0 bridgehead atoms. The largest absolute Gasteiger partial charge is 0.366 e. The van der Waals surface area contributed by atoms with Crippen LogP contribution in [0.2, 0.25) is 5.15 Å². The number of aromatic nitrogens is 3. The third-order valence-corrected chi connectivity index (χ3v) is 6.92. The van der Waals surface area contributed by atoms with Crippen molar-refractivity contribution in [1.82, 2.24) is 24.6 Å². The van der Waals surface area contributed by atoms with E-state index in [9.17, 15) is 9.59 Å². The van der Waals surface area contributed by atoms with Crippen molar-refractivity contribution < 1.29 is 4.79 Å². The number of H-pyrrole nitrogens is 1. The van der Waals surface area contributed by atoms with Crippen LogP contribution in [-0.4, -0.2) is 57.4 Å². The van der Waals surface area contributed by atoms with E-state index in [1.54, 1.807) is 6.07 Å². The molecule has 0 spiro atoms. The molecule has 0 unspecified atom stereocenters. The first-order valence-corrected chi connectivity index (χ1v) is 12.0. The Morgan fingerprint density at radius 3 is 2.68 bits per heavy atom. The number of fused-ring (bicyclic) bond motifs is 3. The van der Waals surface area contributed by atoms with Crippen LogP contribution in [0.25, 0.3) is 16.6 Å². The predicted molar refractivity (Wildman–Crippen MR) is 133 cm³/mol. The van der Waals surface area contributed by atoms with Crippen LogP contribution in [0.3, 0.4) is 0 Å². The predicted octanol–water partition coefficient (Wildman–Crippen LogP) is 3.04. The Kier molecular flexibility index (Phi) is 5.27. The standard InChI is InChI=1S/C25H25ClN6O2/c26-23-21(8-6-18(28-23)24(33)27-17-4-5-17)31-12-10-30(11-13-31)15-16-3-7-20-19(14-16)29-25(34)22-2-1-9-32(20)22/h1-3,6-9,14,17H,4-5,10-13,15H2,(H,27,33)(H,29,34). The number of hydrogen-bond acceptors (Lipinski definition) is 5. The lowest BCUT2D eigenvalue weighted by molar-refractivity contribution is 0.0946. The van der Waals surface area contributed by atoms with E-state index in [0.29, 0.717) is 22.4 Å². The third-order valence-electron chi connectivity index (χ3n) is 6.64. The minimum Gasteiger partial charge on any atom is -0.366 e. The maximum absolute atomic E-state index is 12.3. The Morgan fingerprint density at radius 1 is 1.09 bits per heavy atom. The van der Waals surface area contributed by atoms with Crippen LogP contribution < -0.4 is 15.8 Å². The number of carbonyl (C=O) groups is 1. The Labute approximate surface area is 201 Å². The highest BCUT2D eigenvalue weighted by Gasteiger charge is 2.25. The zero-order valence-electron chi connectivity index (χ0n) is 18.6. The summed E-state index contributed by atoms with van der Waals surface area (Å²) in [7, 11) is 0. The molecule has 4 aromatic rings. The van der Waals surface area contributed by atoms with Gasteiger partial charge in [0, 0.05) is 45.0 Å². The quantitative estimate of drug-likeness (QED) is 0.432. The van der Waals surface area contributed by atoms with Crippen LogP contribution >= 0.6 is 11.6 Å². The first-order chi connectivity index (χ1) is 16.5. The summed E-state index contributed by atoms with van der Waals surface area (Å²) in [5, 5.41) is 3.31. The van der Waals surface area contributed by atoms with Crippen LogP contribution in [-0.2, 0) is 6.54 Å². The zero-order chi connectivity index (χ0) is 23.2. The van der Waals surface area contributed by atoms with Crippen molar-refractivity contribution in [1.29, 1.82) is 0 Å². The lowest BCUT2D eigenvalue weighted by Crippen LogP contribution is -2.46. The van der Waals surface area contributed by atoms with Gasteiger partial charge < -0.3 is 19.6 Å². The number of nitrogens with zero attached hydrogens (tertiary/aromatic N) is 4. The molecule has 3 aromatic heterocycles. The van der Waals surface area contributed by atoms with Crippen LogP contribution in [0.5, 0.6) is 0 Å². The van der Waals surface area contributed by atoms with Gasteiger partial charge in [-0.2, -0.15) is 0 Å². The van der Waals surface area contributed by atoms with Gasteiger partial charge in [0.2, 0.25) is 0 Å². The monoisotopic (exact) mass is 476 g/mol. The number of benzene rings is 1. The maximum Gasteiger partial charge on any atom is 0.272 e. The van der Waals surface area contributed by atoms with Crippen molar-refractivity contribution in [2.45, 2.75) is 25.4 Å². The first-order valence-electron chi connectivity index (χ1n) is 11.6. The van der Waals surface area contributed by atoms with E-state index in [-0.39, 0.29) is 11.5 Å². The van der Waals surface area contributed by atoms with Crippen molar-refractivity contribution in [3.63, 3.8) is 0 Å². The minimum atomic E-state index is -0.157. The van der Waals surface area contributed by atoms with Gasteiger partial charge in [0.05, 0.1) is 16.7 Å². The summed E-state index contributed by atoms with van der Waals surface area (Å²) in [5.74, 6) is -0.157. The smallest absolute Gasteiger partial charge is 0.272 e. The van der Waals surface area contributed by atoms with E-state index in [1.807, 2.05) is 28.8 Å². The van der Waals surface area contributed by atoms with Crippen LogP contribution in [0.4, 0.5) is 5.69 Å². The van der Waals surface area contributed by atoms with Gasteiger partial charge in [-0.05, 0) is 54.8 Å². The number of piperazine rings is 1. The summed E-state index contributed by atoms with van der Waals surface area (Å²) < 4.78 is 1.93. The van der Waals surface area contributed by atoms with Crippen LogP contribution in [0, 0.1) is 0 Å². The highest BCUT2D eigenvalue weighted by Crippen LogP contribution is 2.26. The van der Waals surface area contributed by atoms with E-state index < -0.39 is 0 Å². The van der Waals surface area contributed by atoms with Gasteiger partial charge in [-0.25, -0.2) is 4.98 Å². The van der Waals surface area contributed by atoms with Gasteiger partial charge in [0.25, 0.3) is 11.5 Å². The van der Waals surface area contributed by atoms with Gasteiger partial charge >= 0.3 is 0 Å². The molecule has 174 valence electrons. The molecule has 0 radical (unpaired) electrons. The molecule has 0 atom stereocenters. The average molecular weight is 477 g/mol.